The first-order valence-electron chi connectivity index (χ1n) is 5.69. The monoisotopic (exact) mass is 242 g/mol. The lowest BCUT2D eigenvalue weighted by Gasteiger charge is -2.15. The molecule has 0 aromatic carbocycles. The van der Waals surface area contributed by atoms with Crippen LogP contribution in [0.4, 0.5) is 0 Å². The molecule has 1 aromatic rings. The smallest absolute Gasteiger partial charge is 0.131 e. The van der Waals surface area contributed by atoms with Crippen LogP contribution in [-0.2, 0) is 13.6 Å². The fourth-order valence-electron chi connectivity index (χ4n) is 2.29. The van der Waals surface area contributed by atoms with Gasteiger partial charge in [0.1, 0.15) is 5.15 Å². The molecule has 16 heavy (non-hydrogen) atoms. The van der Waals surface area contributed by atoms with Crippen molar-refractivity contribution in [1.82, 2.24) is 20.0 Å². The topological polar surface area (TPSA) is 33.1 Å². The second kappa shape index (κ2) is 4.73. The van der Waals surface area contributed by atoms with Crippen molar-refractivity contribution in [3.63, 3.8) is 0 Å². The predicted octanol–water partition coefficient (Wildman–Crippen LogP) is 1.18. The minimum atomic E-state index is 0.621. The van der Waals surface area contributed by atoms with Crippen molar-refractivity contribution >= 4 is 11.6 Å². The Labute approximate surface area is 102 Å². The van der Waals surface area contributed by atoms with Crippen molar-refractivity contribution in [2.45, 2.75) is 25.9 Å². The number of likely N-dealkylation sites (tertiary alicyclic amines) is 1. The minimum Gasteiger partial charge on any atom is -0.316 e. The summed E-state index contributed by atoms with van der Waals surface area (Å²) in [6, 6.07) is 0.621. The number of rotatable bonds is 3. The zero-order valence-electron chi connectivity index (χ0n) is 10.1. The fourth-order valence-corrected chi connectivity index (χ4v) is 2.52. The highest BCUT2D eigenvalue weighted by atomic mass is 35.5. The van der Waals surface area contributed by atoms with Crippen LogP contribution in [0.25, 0.3) is 0 Å². The van der Waals surface area contributed by atoms with Crippen molar-refractivity contribution in [3.8, 4) is 0 Å². The summed E-state index contributed by atoms with van der Waals surface area (Å²) < 4.78 is 1.75. The van der Waals surface area contributed by atoms with E-state index in [2.05, 4.69) is 15.3 Å². The molecule has 0 aliphatic carbocycles. The average Bonchev–Trinajstić information content (AvgIpc) is 2.80. The van der Waals surface area contributed by atoms with Crippen LogP contribution in [0.1, 0.15) is 17.7 Å². The van der Waals surface area contributed by atoms with Gasteiger partial charge in [-0.25, -0.2) is 0 Å². The van der Waals surface area contributed by atoms with Crippen molar-refractivity contribution in [2.24, 2.45) is 7.05 Å². The molecule has 1 saturated heterocycles. The maximum absolute atomic E-state index is 6.22. The second-order valence-electron chi connectivity index (χ2n) is 4.49. The van der Waals surface area contributed by atoms with Crippen LogP contribution < -0.4 is 5.32 Å². The van der Waals surface area contributed by atoms with Crippen molar-refractivity contribution in [3.05, 3.63) is 16.4 Å². The third-order valence-corrected chi connectivity index (χ3v) is 3.80. The molecule has 1 N–H and O–H groups in total. The lowest BCUT2D eigenvalue weighted by molar-refractivity contribution is 0.322. The van der Waals surface area contributed by atoms with Crippen LogP contribution in [0.2, 0.25) is 5.15 Å². The molecular weight excluding hydrogens is 224 g/mol. The Morgan fingerprint density at radius 1 is 1.56 bits per heavy atom. The average molecular weight is 243 g/mol. The van der Waals surface area contributed by atoms with E-state index < -0.39 is 0 Å². The van der Waals surface area contributed by atoms with Gasteiger partial charge in [-0.1, -0.05) is 11.6 Å². The van der Waals surface area contributed by atoms with Gasteiger partial charge in [0.2, 0.25) is 0 Å². The van der Waals surface area contributed by atoms with Gasteiger partial charge in [-0.05, 0) is 20.4 Å². The Kier molecular flexibility index (Phi) is 3.52. The van der Waals surface area contributed by atoms with E-state index in [1.54, 1.807) is 4.68 Å². The quantitative estimate of drug-likeness (QED) is 0.864. The molecule has 2 heterocycles. The van der Waals surface area contributed by atoms with Crippen LogP contribution in [-0.4, -0.2) is 40.9 Å². The third kappa shape index (κ3) is 2.24. The normalized spacial score (nSPS) is 21.9. The van der Waals surface area contributed by atoms with Gasteiger partial charge in [-0.15, -0.1) is 0 Å². The number of hydrogen-bond donors (Lipinski definition) is 1. The molecular formula is C11H19ClN4. The van der Waals surface area contributed by atoms with Gasteiger partial charge in [-0.2, -0.15) is 5.10 Å². The van der Waals surface area contributed by atoms with E-state index >= 15 is 0 Å². The van der Waals surface area contributed by atoms with Gasteiger partial charge in [0.05, 0.1) is 5.69 Å². The first-order valence-corrected chi connectivity index (χ1v) is 6.07. The van der Waals surface area contributed by atoms with Crippen molar-refractivity contribution < 1.29 is 0 Å². The molecule has 1 aliphatic rings. The summed E-state index contributed by atoms with van der Waals surface area (Å²) in [5.74, 6) is 0. The number of hydrogen-bond acceptors (Lipinski definition) is 3. The van der Waals surface area contributed by atoms with Gasteiger partial charge in [0.15, 0.2) is 0 Å². The standard InChI is InChI=1S/C11H19ClN4/c1-8-10(11(12)15(3)14-8)7-16-5-4-9(6-16)13-2/h9,13H,4-7H2,1-3H3. The summed E-state index contributed by atoms with van der Waals surface area (Å²) in [5, 5.41) is 8.42. The highest BCUT2D eigenvalue weighted by molar-refractivity contribution is 6.30. The molecule has 90 valence electrons. The molecule has 0 saturated carbocycles. The third-order valence-electron chi connectivity index (χ3n) is 3.33. The molecule has 2 rings (SSSR count). The van der Waals surface area contributed by atoms with Gasteiger partial charge >= 0.3 is 0 Å². The molecule has 1 aliphatic heterocycles. The van der Waals surface area contributed by atoms with E-state index in [9.17, 15) is 0 Å². The first kappa shape index (κ1) is 11.9. The van der Waals surface area contributed by atoms with E-state index in [4.69, 9.17) is 11.6 Å². The lowest BCUT2D eigenvalue weighted by atomic mass is 10.2. The lowest BCUT2D eigenvalue weighted by Crippen LogP contribution is -2.29. The molecule has 0 amide bonds. The van der Waals surface area contributed by atoms with Crippen LogP contribution >= 0.6 is 11.6 Å². The van der Waals surface area contributed by atoms with E-state index in [0.29, 0.717) is 6.04 Å². The predicted molar refractivity (Wildman–Crippen MR) is 65.7 cm³/mol. The van der Waals surface area contributed by atoms with Crippen LogP contribution in [0.15, 0.2) is 0 Å². The van der Waals surface area contributed by atoms with E-state index in [-0.39, 0.29) is 0 Å². The second-order valence-corrected chi connectivity index (χ2v) is 4.85. The number of nitrogens with one attached hydrogen (secondary N) is 1. The summed E-state index contributed by atoms with van der Waals surface area (Å²) in [6.45, 7) is 5.17. The van der Waals surface area contributed by atoms with Crippen molar-refractivity contribution in [1.29, 1.82) is 0 Å². The van der Waals surface area contributed by atoms with Gasteiger partial charge in [0.25, 0.3) is 0 Å². The molecule has 1 aromatic heterocycles. The molecule has 4 nitrogen and oxygen atoms in total. The Hall–Kier alpha value is -0.580. The van der Waals surface area contributed by atoms with Gasteiger partial charge < -0.3 is 5.32 Å². The fraction of sp³-hybridized carbons (Fsp3) is 0.727. The largest absolute Gasteiger partial charge is 0.316 e. The summed E-state index contributed by atoms with van der Waals surface area (Å²) >= 11 is 6.22. The molecule has 0 bridgehead atoms. The molecule has 1 unspecified atom stereocenters. The van der Waals surface area contributed by atoms with Crippen LogP contribution in [0.3, 0.4) is 0 Å². The Balaban J connectivity index is 2.04. The molecule has 0 spiro atoms. The zero-order chi connectivity index (χ0) is 11.7. The van der Waals surface area contributed by atoms with Crippen LogP contribution in [0, 0.1) is 6.92 Å². The first-order chi connectivity index (χ1) is 7.61. The van der Waals surface area contributed by atoms with Crippen molar-refractivity contribution in [2.75, 3.05) is 20.1 Å². The summed E-state index contributed by atoms with van der Waals surface area (Å²) in [4.78, 5) is 2.43. The highest BCUT2D eigenvalue weighted by Crippen LogP contribution is 2.22. The summed E-state index contributed by atoms with van der Waals surface area (Å²) in [6.07, 6.45) is 1.22. The maximum Gasteiger partial charge on any atom is 0.131 e. The Bertz CT molecular complexity index is 374. The minimum absolute atomic E-state index is 0.621. The SMILES string of the molecule is CNC1CCN(Cc2c(C)nn(C)c2Cl)C1. The molecule has 5 heteroatoms. The van der Waals surface area contributed by atoms with E-state index in [1.807, 2.05) is 21.0 Å². The highest BCUT2D eigenvalue weighted by Gasteiger charge is 2.23. The van der Waals surface area contributed by atoms with Gasteiger partial charge in [-0.3, -0.25) is 9.58 Å². The number of aryl methyl sites for hydroxylation is 2. The summed E-state index contributed by atoms with van der Waals surface area (Å²) in [5.41, 5.74) is 2.21. The number of halogens is 1. The van der Waals surface area contributed by atoms with E-state index in [0.717, 1.165) is 30.5 Å². The molecule has 1 atom stereocenters. The van der Waals surface area contributed by atoms with Crippen LogP contribution in [0.5, 0.6) is 0 Å². The Morgan fingerprint density at radius 2 is 2.31 bits per heavy atom. The summed E-state index contributed by atoms with van der Waals surface area (Å²) in [7, 11) is 3.91. The molecule has 0 radical (unpaired) electrons. The Morgan fingerprint density at radius 3 is 2.81 bits per heavy atom. The number of nitrogens with zero attached hydrogens (tertiary/aromatic N) is 3. The van der Waals surface area contributed by atoms with E-state index in [1.165, 1.54) is 12.0 Å². The number of aromatic nitrogens is 2. The molecule has 1 fully saturated rings. The van der Waals surface area contributed by atoms with Gasteiger partial charge in [0, 0.05) is 38.3 Å². The number of likely N-dealkylation sites (N-methyl/N-ethyl adjacent to an activating group) is 1. The zero-order valence-corrected chi connectivity index (χ0v) is 10.9. The maximum atomic E-state index is 6.22.